The summed E-state index contributed by atoms with van der Waals surface area (Å²) in [6.45, 7) is 10.8. The van der Waals surface area contributed by atoms with E-state index in [9.17, 15) is 5.11 Å². The van der Waals surface area contributed by atoms with Crippen LogP contribution in [0.25, 0.3) is 11.0 Å². The van der Waals surface area contributed by atoms with Crippen molar-refractivity contribution in [1.82, 2.24) is 9.55 Å². The van der Waals surface area contributed by atoms with Crippen LogP contribution >= 0.6 is 0 Å². The zero-order valence-corrected chi connectivity index (χ0v) is 13.5. The number of benzene rings is 1. The van der Waals surface area contributed by atoms with Gasteiger partial charge in [0.05, 0.1) is 17.1 Å². The van der Waals surface area contributed by atoms with Crippen molar-refractivity contribution >= 4 is 16.7 Å². The van der Waals surface area contributed by atoms with E-state index in [1.807, 2.05) is 18.2 Å². The minimum Gasteiger partial charge on any atom is -0.399 e. The van der Waals surface area contributed by atoms with E-state index in [1.54, 1.807) is 0 Å². The molecule has 2 aromatic rings. The first-order valence-electron chi connectivity index (χ1n) is 7.58. The second-order valence-electron chi connectivity index (χ2n) is 7.89. The molecular weight excluding hydrogens is 262 g/mol. The van der Waals surface area contributed by atoms with Crippen LogP contribution in [-0.2, 0) is 5.41 Å². The summed E-state index contributed by atoms with van der Waals surface area (Å²) in [7, 11) is 0. The van der Waals surface area contributed by atoms with E-state index in [0.29, 0.717) is 0 Å². The third kappa shape index (κ3) is 2.04. The van der Waals surface area contributed by atoms with Crippen molar-refractivity contribution in [3.8, 4) is 0 Å². The van der Waals surface area contributed by atoms with Crippen LogP contribution < -0.4 is 5.73 Å². The summed E-state index contributed by atoms with van der Waals surface area (Å²) < 4.78 is 2.32. The van der Waals surface area contributed by atoms with E-state index in [2.05, 4.69) is 39.2 Å². The fourth-order valence-electron chi connectivity index (χ4n) is 3.28. The molecule has 1 aromatic carbocycles. The molecular formula is C17H25N3O. The number of rotatable bonds is 1. The number of nitrogens with zero attached hydrogens (tertiary/aromatic N) is 2. The van der Waals surface area contributed by atoms with Crippen LogP contribution in [0.2, 0.25) is 0 Å². The Labute approximate surface area is 126 Å². The molecule has 0 amide bonds. The van der Waals surface area contributed by atoms with Gasteiger partial charge < -0.3 is 15.4 Å². The number of aromatic nitrogens is 2. The van der Waals surface area contributed by atoms with Gasteiger partial charge in [0.25, 0.3) is 0 Å². The highest BCUT2D eigenvalue weighted by Gasteiger charge is 2.50. The summed E-state index contributed by atoms with van der Waals surface area (Å²) in [6, 6.07) is 6.18. The Kier molecular flexibility index (Phi) is 2.90. The van der Waals surface area contributed by atoms with Gasteiger partial charge in [0.2, 0.25) is 0 Å². The van der Waals surface area contributed by atoms with Crippen molar-refractivity contribution in [2.24, 2.45) is 5.41 Å². The standard InChI is InChI=1S/C17H25N3O/c1-16(2,3)15-19-11-8-10(18)6-7-12(11)20(15)13-9-14(21)17(13,4)5/h6-8,13-14,21H,9,18H2,1-5H3. The summed E-state index contributed by atoms with van der Waals surface area (Å²) in [6.07, 6.45) is 0.535. The quantitative estimate of drug-likeness (QED) is 0.791. The van der Waals surface area contributed by atoms with Crippen molar-refractivity contribution in [3.63, 3.8) is 0 Å². The number of nitrogen functional groups attached to an aromatic ring is 1. The Morgan fingerprint density at radius 1 is 1.33 bits per heavy atom. The molecule has 1 aliphatic carbocycles. The van der Waals surface area contributed by atoms with E-state index < -0.39 is 0 Å². The zero-order valence-electron chi connectivity index (χ0n) is 13.5. The number of hydrogen-bond acceptors (Lipinski definition) is 3. The number of anilines is 1. The molecule has 1 aromatic heterocycles. The monoisotopic (exact) mass is 287 g/mol. The maximum atomic E-state index is 10.1. The van der Waals surface area contributed by atoms with Crippen molar-refractivity contribution in [1.29, 1.82) is 0 Å². The summed E-state index contributed by atoms with van der Waals surface area (Å²) in [5.74, 6) is 1.06. The first-order chi connectivity index (χ1) is 9.62. The lowest BCUT2D eigenvalue weighted by atomic mass is 9.64. The van der Waals surface area contributed by atoms with Gasteiger partial charge in [0.1, 0.15) is 5.82 Å². The molecule has 1 aliphatic rings. The molecule has 3 rings (SSSR count). The lowest BCUT2D eigenvalue weighted by Gasteiger charge is -2.51. The van der Waals surface area contributed by atoms with Crippen LogP contribution in [0, 0.1) is 5.41 Å². The molecule has 114 valence electrons. The largest absolute Gasteiger partial charge is 0.399 e. The summed E-state index contributed by atoms with van der Waals surface area (Å²) in [5, 5.41) is 10.1. The lowest BCUT2D eigenvalue weighted by molar-refractivity contribution is -0.0893. The summed E-state index contributed by atoms with van der Waals surface area (Å²) in [5.41, 5.74) is 8.51. The van der Waals surface area contributed by atoms with Crippen LogP contribution in [-0.4, -0.2) is 20.8 Å². The van der Waals surface area contributed by atoms with Crippen molar-refractivity contribution in [2.45, 2.75) is 58.6 Å². The van der Waals surface area contributed by atoms with Crippen molar-refractivity contribution in [2.75, 3.05) is 5.73 Å². The minimum atomic E-state index is -0.249. The second-order valence-corrected chi connectivity index (χ2v) is 7.89. The fraction of sp³-hybridized carbons (Fsp3) is 0.588. The van der Waals surface area contributed by atoms with Crippen LogP contribution in [0.3, 0.4) is 0 Å². The molecule has 1 heterocycles. The number of fused-ring (bicyclic) bond motifs is 1. The average Bonchev–Trinajstić information content (AvgIpc) is 2.73. The highest BCUT2D eigenvalue weighted by atomic mass is 16.3. The molecule has 21 heavy (non-hydrogen) atoms. The van der Waals surface area contributed by atoms with E-state index in [-0.39, 0.29) is 23.0 Å². The SMILES string of the molecule is CC(C)(C)c1nc2cc(N)ccc2n1C1CC(O)C1(C)C. The zero-order chi connectivity index (χ0) is 15.6. The topological polar surface area (TPSA) is 64.1 Å². The van der Waals surface area contributed by atoms with E-state index in [1.165, 1.54) is 0 Å². The molecule has 1 saturated carbocycles. The molecule has 4 nitrogen and oxygen atoms in total. The van der Waals surface area contributed by atoms with Crippen LogP contribution in [0.15, 0.2) is 18.2 Å². The first-order valence-corrected chi connectivity index (χ1v) is 7.58. The third-order valence-corrected chi connectivity index (χ3v) is 4.86. The van der Waals surface area contributed by atoms with Crippen LogP contribution in [0.1, 0.15) is 52.9 Å². The van der Waals surface area contributed by atoms with Gasteiger partial charge >= 0.3 is 0 Å². The number of hydrogen-bond donors (Lipinski definition) is 2. The number of aliphatic hydroxyl groups is 1. The van der Waals surface area contributed by atoms with E-state index >= 15 is 0 Å². The average molecular weight is 287 g/mol. The fourth-order valence-corrected chi connectivity index (χ4v) is 3.28. The van der Waals surface area contributed by atoms with Gasteiger partial charge in [-0.15, -0.1) is 0 Å². The first kappa shape index (κ1) is 14.4. The van der Waals surface area contributed by atoms with Gasteiger partial charge in [0.15, 0.2) is 0 Å². The van der Waals surface area contributed by atoms with Crippen LogP contribution in [0.4, 0.5) is 5.69 Å². The smallest absolute Gasteiger partial charge is 0.115 e. The van der Waals surface area contributed by atoms with Gasteiger partial charge in [0, 0.05) is 22.6 Å². The molecule has 2 atom stereocenters. The highest BCUT2D eigenvalue weighted by molar-refractivity contribution is 5.80. The Morgan fingerprint density at radius 3 is 2.52 bits per heavy atom. The minimum absolute atomic E-state index is 0.0512. The number of imidazole rings is 1. The van der Waals surface area contributed by atoms with Gasteiger partial charge in [-0.1, -0.05) is 34.6 Å². The maximum Gasteiger partial charge on any atom is 0.115 e. The maximum absolute atomic E-state index is 10.1. The Morgan fingerprint density at radius 2 is 2.00 bits per heavy atom. The van der Waals surface area contributed by atoms with Gasteiger partial charge in [-0.25, -0.2) is 4.98 Å². The van der Waals surface area contributed by atoms with Gasteiger partial charge in [-0.2, -0.15) is 0 Å². The Bertz CT molecular complexity index is 694. The highest BCUT2D eigenvalue weighted by Crippen LogP contribution is 2.51. The Hall–Kier alpha value is -1.55. The molecule has 0 aliphatic heterocycles. The molecule has 4 heteroatoms. The molecule has 0 bridgehead atoms. The number of aliphatic hydroxyl groups excluding tert-OH is 1. The summed E-state index contributed by atoms with van der Waals surface area (Å²) in [4.78, 5) is 4.84. The van der Waals surface area contributed by atoms with E-state index in [4.69, 9.17) is 10.7 Å². The third-order valence-electron chi connectivity index (χ3n) is 4.86. The molecule has 1 fully saturated rings. The van der Waals surface area contributed by atoms with E-state index in [0.717, 1.165) is 29.0 Å². The number of nitrogens with two attached hydrogens (primary N) is 1. The second kappa shape index (κ2) is 4.23. The predicted molar refractivity (Wildman–Crippen MR) is 86.3 cm³/mol. The molecule has 0 saturated heterocycles. The predicted octanol–water partition coefficient (Wildman–Crippen LogP) is 3.25. The molecule has 2 unspecified atom stereocenters. The van der Waals surface area contributed by atoms with Gasteiger partial charge in [-0.05, 0) is 24.6 Å². The van der Waals surface area contributed by atoms with Crippen molar-refractivity contribution in [3.05, 3.63) is 24.0 Å². The lowest BCUT2D eigenvalue weighted by Crippen LogP contribution is -2.50. The molecule has 3 N–H and O–H groups in total. The van der Waals surface area contributed by atoms with Gasteiger partial charge in [-0.3, -0.25) is 0 Å². The molecule has 0 spiro atoms. The molecule has 0 radical (unpaired) electrons. The Balaban J connectivity index is 2.24. The van der Waals surface area contributed by atoms with Crippen LogP contribution in [0.5, 0.6) is 0 Å². The normalized spacial score (nSPS) is 25.0. The van der Waals surface area contributed by atoms with Crippen molar-refractivity contribution < 1.29 is 5.11 Å². The summed E-state index contributed by atoms with van der Waals surface area (Å²) >= 11 is 0.